The standard InChI is InChI=1S/C20H17BrN2O3/c21-15-8-10-16(11-9-15)22-19(24)17(13-14-5-2-1-3-6-14)23-20(25)18-7-4-12-26-18/h1-12,17H,13H2,(H,22,24)(H,23,25)/t17-/m0/s1. The third-order valence-electron chi connectivity index (χ3n) is 3.76. The van der Waals surface area contributed by atoms with Gasteiger partial charge in [0.1, 0.15) is 6.04 Å². The van der Waals surface area contributed by atoms with Gasteiger partial charge < -0.3 is 15.1 Å². The number of halogens is 1. The van der Waals surface area contributed by atoms with E-state index in [1.165, 1.54) is 6.26 Å². The van der Waals surface area contributed by atoms with Crippen molar-refractivity contribution in [3.8, 4) is 0 Å². The Bertz CT molecular complexity index is 862. The molecule has 2 aromatic carbocycles. The van der Waals surface area contributed by atoms with Crippen LogP contribution in [0, 0.1) is 0 Å². The van der Waals surface area contributed by atoms with Gasteiger partial charge in [-0.2, -0.15) is 0 Å². The van der Waals surface area contributed by atoms with Crippen LogP contribution in [0.4, 0.5) is 5.69 Å². The Morgan fingerprint density at radius 1 is 0.962 bits per heavy atom. The normalized spacial score (nSPS) is 11.6. The Balaban J connectivity index is 1.75. The minimum absolute atomic E-state index is 0.166. The number of benzene rings is 2. The van der Waals surface area contributed by atoms with Gasteiger partial charge in [-0.25, -0.2) is 0 Å². The van der Waals surface area contributed by atoms with E-state index in [-0.39, 0.29) is 11.7 Å². The number of rotatable bonds is 6. The van der Waals surface area contributed by atoms with E-state index in [0.29, 0.717) is 12.1 Å². The fraction of sp³-hybridized carbons (Fsp3) is 0.100. The number of hydrogen-bond acceptors (Lipinski definition) is 3. The molecule has 1 atom stereocenters. The molecule has 2 amide bonds. The minimum atomic E-state index is -0.737. The number of nitrogens with one attached hydrogen (secondary N) is 2. The van der Waals surface area contributed by atoms with Gasteiger partial charge in [0.25, 0.3) is 5.91 Å². The molecule has 26 heavy (non-hydrogen) atoms. The molecule has 0 bridgehead atoms. The zero-order valence-electron chi connectivity index (χ0n) is 13.8. The van der Waals surface area contributed by atoms with E-state index in [0.717, 1.165) is 10.0 Å². The molecule has 3 rings (SSSR count). The second-order valence-electron chi connectivity index (χ2n) is 5.69. The molecule has 0 radical (unpaired) electrons. The van der Waals surface area contributed by atoms with Crippen LogP contribution in [-0.4, -0.2) is 17.9 Å². The number of carbonyl (C=O) groups is 2. The van der Waals surface area contributed by atoms with E-state index in [1.54, 1.807) is 24.3 Å². The van der Waals surface area contributed by atoms with Gasteiger partial charge in [0.05, 0.1) is 6.26 Å². The summed E-state index contributed by atoms with van der Waals surface area (Å²) in [5.74, 6) is -0.558. The summed E-state index contributed by atoms with van der Waals surface area (Å²) in [5.41, 5.74) is 1.60. The van der Waals surface area contributed by atoms with Crippen LogP contribution in [-0.2, 0) is 11.2 Å². The molecule has 1 aromatic heterocycles. The van der Waals surface area contributed by atoms with E-state index < -0.39 is 11.9 Å². The molecular weight excluding hydrogens is 396 g/mol. The zero-order valence-corrected chi connectivity index (χ0v) is 15.4. The highest BCUT2D eigenvalue weighted by atomic mass is 79.9. The number of furan rings is 1. The van der Waals surface area contributed by atoms with E-state index in [4.69, 9.17) is 4.42 Å². The monoisotopic (exact) mass is 412 g/mol. The first-order valence-electron chi connectivity index (χ1n) is 8.06. The van der Waals surface area contributed by atoms with Gasteiger partial charge in [0, 0.05) is 16.6 Å². The summed E-state index contributed by atoms with van der Waals surface area (Å²) in [5, 5.41) is 5.58. The molecule has 0 saturated heterocycles. The number of carbonyl (C=O) groups excluding carboxylic acids is 2. The predicted molar refractivity (Wildman–Crippen MR) is 103 cm³/mol. The predicted octanol–water partition coefficient (Wildman–Crippen LogP) is 4.02. The van der Waals surface area contributed by atoms with Crippen LogP contribution < -0.4 is 10.6 Å². The largest absolute Gasteiger partial charge is 0.459 e. The van der Waals surface area contributed by atoms with E-state index in [1.807, 2.05) is 42.5 Å². The lowest BCUT2D eigenvalue weighted by atomic mass is 10.0. The van der Waals surface area contributed by atoms with Crippen molar-refractivity contribution in [2.75, 3.05) is 5.32 Å². The molecule has 0 fully saturated rings. The second kappa shape index (κ2) is 8.49. The van der Waals surface area contributed by atoms with Crippen LogP contribution in [0.25, 0.3) is 0 Å². The summed E-state index contributed by atoms with van der Waals surface area (Å²) >= 11 is 3.36. The Hall–Kier alpha value is -2.86. The molecule has 0 spiro atoms. The number of anilines is 1. The van der Waals surface area contributed by atoms with Crippen molar-refractivity contribution in [3.05, 3.63) is 88.8 Å². The van der Waals surface area contributed by atoms with Crippen LogP contribution in [0.2, 0.25) is 0 Å². The van der Waals surface area contributed by atoms with Gasteiger partial charge in [-0.05, 0) is 42.0 Å². The van der Waals surface area contributed by atoms with Crippen LogP contribution in [0.15, 0.2) is 81.9 Å². The van der Waals surface area contributed by atoms with Crippen molar-refractivity contribution in [1.29, 1.82) is 0 Å². The fourth-order valence-corrected chi connectivity index (χ4v) is 2.72. The summed E-state index contributed by atoms with van der Waals surface area (Å²) in [7, 11) is 0. The second-order valence-corrected chi connectivity index (χ2v) is 6.60. The molecule has 6 heteroatoms. The van der Waals surface area contributed by atoms with Crippen LogP contribution in [0.5, 0.6) is 0 Å². The molecular formula is C20H17BrN2O3. The van der Waals surface area contributed by atoms with Crippen molar-refractivity contribution in [2.45, 2.75) is 12.5 Å². The molecule has 0 unspecified atom stereocenters. The highest BCUT2D eigenvalue weighted by Crippen LogP contribution is 2.15. The molecule has 0 aliphatic heterocycles. The van der Waals surface area contributed by atoms with Gasteiger partial charge in [-0.3, -0.25) is 9.59 Å². The van der Waals surface area contributed by atoms with Crippen molar-refractivity contribution >= 4 is 33.4 Å². The third kappa shape index (κ3) is 4.83. The summed E-state index contributed by atoms with van der Waals surface area (Å²) in [4.78, 5) is 25.1. The molecule has 0 aliphatic carbocycles. The maximum absolute atomic E-state index is 12.7. The van der Waals surface area contributed by atoms with Crippen molar-refractivity contribution in [1.82, 2.24) is 5.32 Å². The smallest absolute Gasteiger partial charge is 0.287 e. The van der Waals surface area contributed by atoms with Crippen LogP contribution >= 0.6 is 15.9 Å². The molecule has 132 valence electrons. The lowest BCUT2D eigenvalue weighted by Crippen LogP contribution is -2.45. The quantitative estimate of drug-likeness (QED) is 0.641. The van der Waals surface area contributed by atoms with Crippen molar-refractivity contribution < 1.29 is 14.0 Å². The van der Waals surface area contributed by atoms with Gasteiger partial charge in [0.15, 0.2) is 5.76 Å². The zero-order chi connectivity index (χ0) is 18.4. The average Bonchev–Trinajstić information content (AvgIpc) is 3.19. The lowest BCUT2D eigenvalue weighted by molar-refractivity contribution is -0.118. The Labute approximate surface area is 159 Å². The average molecular weight is 413 g/mol. The van der Waals surface area contributed by atoms with Crippen molar-refractivity contribution in [2.24, 2.45) is 0 Å². The summed E-state index contributed by atoms with van der Waals surface area (Å²) in [6.07, 6.45) is 1.79. The van der Waals surface area contributed by atoms with E-state index in [2.05, 4.69) is 26.6 Å². The van der Waals surface area contributed by atoms with Crippen LogP contribution in [0.1, 0.15) is 16.1 Å². The molecule has 2 N–H and O–H groups in total. The van der Waals surface area contributed by atoms with E-state index >= 15 is 0 Å². The summed E-state index contributed by atoms with van der Waals surface area (Å²) < 4.78 is 6.03. The molecule has 0 aliphatic rings. The summed E-state index contributed by atoms with van der Waals surface area (Å²) in [6, 6.07) is 19.2. The molecule has 1 heterocycles. The molecule has 3 aromatic rings. The first kappa shape index (κ1) is 17.9. The Kier molecular flexibility index (Phi) is 5.86. The molecule has 0 saturated carbocycles. The van der Waals surface area contributed by atoms with Crippen molar-refractivity contribution in [3.63, 3.8) is 0 Å². The Morgan fingerprint density at radius 3 is 2.35 bits per heavy atom. The SMILES string of the molecule is O=C(N[C@@H](Cc1ccccc1)C(=O)Nc1ccc(Br)cc1)c1ccco1. The van der Waals surface area contributed by atoms with Crippen LogP contribution in [0.3, 0.4) is 0 Å². The lowest BCUT2D eigenvalue weighted by Gasteiger charge is -2.18. The van der Waals surface area contributed by atoms with Gasteiger partial charge in [-0.15, -0.1) is 0 Å². The van der Waals surface area contributed by atoms with E-state index in [9.17, 15) is 9.59 Å². The summed E-state index contributed by atoms with van der Waals surface area (Å²) in [6.45, 7) is 0. The third-order valence-corrected chi connectivity index (χ3v) is 4.29. The molecule has 5 nitrogen and oxygen atoms in total. The number of hydrogen-bond donors (Lipinski definition) is 2. The highest BCUT2D eigenvalue weighted by molar-refractivity contribution is 9.10. The highest BCUT2D eigenvalue weighted by Gasteiger charge is 2.23. The Morgan fingerprint density at radius 2 is 1.69 bits per heavy atom. The number of amides is 2. The van der Waals surface area contributed by atoms with Gasteiger partial charge >= 0.3 is 0 Å². The first-order valence-corrected chi connectivity index (χ1v) is 8.86. The first-order chi connectivity index (χ1) is 12.6. The fourth-order valence-electron chi connectivity index (χ4n) is 2.46. The topological polar surface area (TPSA) is 71.3 Å². The minimum Gasteiger partial charge on any atom is -0.459 e. The maximum Gasteiger partial charge on any atom is 0.287 e. The van der Waals surface area contributed by atoms with Gasteiger partial charge in [0.2, 0.25) is 5.91 Å². The van der Waals surface area contributed by atoms with Gasteiger partial charge in [-0.1, -0.05) is 46.3 Å². The maximum atomic E-state index is 12.7.